The zero-order valence-electron chi connectivity index (χ0n) is 11.5. The highest BCUT2D eigenvalue weighted by Gasteiger charge is 2.27. The summed E-state index contributed by atoms with van der Waals surface area (Å²) in [6.45, 7) is 4.08. The number of ketones is 1. The number of nitrogens with zero attached hydrogens (tertiary/aromatic N) is 4. The third-order valence-electron chi connectivity index (χ3n) is 3.53. The third-order valence-corrected chi connectivity index (χ3v) is 4.78. The summed E-state index contributed by atoms with van der Waals surface area (Å²) in [6, 6.07) is 6.18. The molecule has 104 valence electrons. The second-order valence-corrected chi connectivity index (χ2v) is 6.30. The molecule has 1 saturated carbocycles. The molecular formula is C14H16N4OS. The molecular weight excluding hydrogens is 272 g/mol. The smallest absolute Gasteiger partial charge is 0.214 e. The number of carbonyl (C=O) groups is 1. The molecule has 1 heterocycles. The van der Waals surface area contributed by atoms with Crippen LogP contribution in [0, 0.1) is 13.8 Å². The Morgan fingerprint density at radius 3 is 2.95 bits per heavy atom. The molecule has 1 aromatic carbocycles. The zero-order valence-corrected chi connectivity index (χ0v) is 12.4. The van der Waals surface area contributed by atoms with Crippen LogP contribution in [0.4, 0.5) is 0 Å². The maximum Gasteiger partial charge on any atom is 0.214 e. The first-order chi connectivity index (χ1) is 9.65. The predicted octanol–water partition coefficient (Wildman–Crippen LogP) is 2.49. The maximum atomic E-state index is 11.8. The van der Waals surface area contributed by atoms with Gasteiger partial charge in [0.05, 0.1) is 10.9 Å². The lowest BCUT2D eigenvalue weighted by atomic mass is 10.1. The number of carbonyl (C=O) groups excluding carboxylic acids is 1. The number of Topliss-reactive ketones (excluding diaryl/α,β-unsaturated/α-hetero) is 1. The molecule has 0 amide bonds. The normalized spacial score (nSPS) is 18.7. The van der Waals surface area contributed by atoms with Crippen molar-refractivity contribution in [3.8, 4) is 5.69 Å². The second-order valence-electron chi connectivity index (χ2n) is 5.13. The van der Waals surface area contributed by atoms with Crippen molar-refractivity contribution < 1.29 is 4.79 Å². The van der Waals surface area contributed by atoms with Crippen molar-refractivity contribution in [2.45, 2.75) is 43.5 Å². The van der Waals surface area contributed by atoms with Crippen LogP contribution in [0.5, 0.6) is 0 Å². The summed E-state index contributed by atoms with van der Waals surface area (Å²) in [5.74, 6) is 0.311. The van der Waals surface area contributed by atoms with Gasteiger partial charge in [-0.25, -0.2) is 0 Å². The molecule has 3 rings (SSSR count). The molecule has 1 atom stereocenters. The fourth-order valence-electron chi connectivity index (χ4n) is 2.39. The van der Waals surface area contributed by atoms with Gasteiger partial charge in [-0.05, 0) is 54.3 Å². The minimum atomic E-state index is 0.00450. The van der Waals surface area contributed by atoms with Crippen molar-refractivity contribution >= 4 is 17.5 Å². The Balaban J connectivity index is 1.93. The molecule has 0 N–H and O–H groups in total. The summed E-state index contributed by atoms with van der Waals surface area (Å²) in [5.41, 5.74) is 3.25. The third kappa shape index (κ3) is 2.47. The first kappa shape index (κ1) is 13.3. The minimum absolute atomic E-state index is 0.00450. The summed E-state index contributed by atoms with van der Waals surface area (Å²) in [6.07, 6.45) is 2.58. The number of benzene rings is 1. The lowest BCUT2D eigenvalue weighted by Crippen LogP contribution is -2.10. The lowest BCUT2D eigenvalue weighted by Gasteiger charge is -2.10. The van der Waals surface area contributed by atoms with E-state index in [1.165, 1.54) is 11.8 Å². The van der Waals surface area contributed by atoms with Crippen molar-refractivity contribution in [1.29, 1.82) is 0 Å². The molecule has 1 fully saturated rings. The molecule has 0 radical (unpaired) electrons. The van der Waals surface area contributed by atoms with E-state index in [1.54, 1.807) is 4.68 Å². The van der Waals surface area contributed by atoms with Gasteiger partial charge >= 0.3 is 0 Å². The van der Waals surface area contributed by atoms with Crippen LogP contribution in [-0.4, -0.2) is 31.2 Å². The van der Waals surface area contributed by atoms with Crippen LogP contribution in [0.2, 0.25) is 0 Å². The number of rotatable bonds is 3. The van der Waals surface area contributed by atoms with E-state index in [0.717, 1.165) is 29.7 Å². The van der Waals surface area contributed by atoms with Gasteiger partial charge in [0.1, 0.15) is 5.78 Å². The molecule has 0 aliphatic heterocycles. The van der Waals surface area contributed by atoms with Crippen LogP contribution < -0.4 is 0 Å². The van der Waals surface area contributed by atoms with E-state index < -0.39 is 0 Å². The summed E-state index contributed by atoms with van der Waals surface area (Å²) >= 11 is 1.48. The molecule has 20 heavy (non-hydrogen) atoms. The van der Waals surface area contributed by atoms with Gasteiger partial charge in [-0.2, -0.15) is 4.68 Å². The highest BCUT2D eigenvalue weighted by Crippen LogP contribution is 2.32. The summed E-state index contributed by atoms with van der Waals surface area (Å²) < 4.78 is 1.73. The topological polar surface area (TPSA) is 60.7 Å². The van der Waals surface area contributed by atoms with Crippen LogP contribution >= 0.6 is 11.8 Å². The van der Waals surface area contributed by atoms with Gasteiger partial charge in [-0.15, -0.1) is 5.10 Å². The number of hydrogen-bond acceptors (Lipinski definition) is 5. The highest BCUT2D eigenvalue weighted by atomic mass is 32.2. The average Bonchev–Trinajstić information content (AvgIpc) is 3.03. The SMILES string of the molecule is Cc1ccc(C)c(-n2nnnc2S[C@@H]2CCCC2=O)c1. The minimum Gasteiger partial charge on any atom is -0.298 e. The number of hydrogen-bond donors (Lipinski definition) is 0. The Hall–Kier alpha value is -1.69. The fourth-order valence-corrected chi connectivity index (χ4v) is 3.49. The molecule has 6 heteroatoms. The largest absolute Gasteiger partial charge is 0.298 e. The summed E-state index contributed by atoms with van der Waals surface area (Å²) in [7, 11) is 0. The summed E-state index contributed by atoms with van der Waals surface area (Å²) in [5, 5.41) is 12.6. The van der Waals surface area contributed by atoms with Crippen LogP contribution in [0.25, 0.3) is 5.69 Å². The molecule has 1 aliphatic carbocycles. The van der Waals surface area contributed by atoms with E-state index in [1.807, 2.05) is 13.8 Å². The van der Waals surface area contributed by atoms with Crippen LogP contribution in [-0.2, 0) is 4.79 Å². The Morgan fingerprint density at radius 1 is 1.35 bits per heavy atom. The van der Waals surface area contributed by atoms with Crippen LogP contribution in [0.15, 0.2) is 23.4 Å². The molecule has 1 aliphatic rings. The van der Waals surface area contributed by atoms with Crippen molar-refractivity contribution in [3.63, 3.8) is 0 Å². The Morgan fingerprint density at radius 2 is 2.20 bits per heavy atom. The van der Waals surface area contributed by atoms with Gasteiger partial charge < -0.3 is 0 Å². The Labute approximate surface area is 121 Å². The lowest BCUT2D eigenvalue weighted by molar-refractivity contribution is -0.116. The number of thioether (sulfide) groups is 1. The van der Waals surface area contributed by atoms with E-state index in [-0.39, 0.29) is 5.25 Å². The van der Waals surface area contributed by atoms with Gasteiger partial charge in [0.15, 0.2) is 0 Å². The van der Waals surface area contributed by atoms with Gasteiger partial charge in [0, 0.05) is 6.42 Å². The van der Waals surface area contributed by atoms with Crippen LogP contribution in [0.3, 0.4) is 0 Å². The standard InChI is InChI=1S/C14H16N4OS/c1-9-6-7-10(2)11(8-9)18-14(15-16-17-18)20-13-5-3-4-12(13)19/h6-8,13H,3-5H2,1-2H3/t13-/m1/s1. The van der Waals surface area contributed by atoms with Gasteiger partial charge in [-0.1, -0.05) is 23.9 Å². The first-order valence-corrected chi connectivity index (χ1v) is 7.58. The van der Waals surface area contributed by atoms with Gasteiger partial charge in [-0.3, -0.25) is 4.79 Å². The Kier molecular flexibility index (Phi) is 3.56. The fraction of sp³-hybridized carbons (Fsp3) is 0.429. The summed E-state index contributed by atoms with van der Waals surface area (Å²) in [4.78, 5) is 11.8. The van der Waals surface area contributed by atoms with E-state index in [9.17, 15) is 4.79 Å². The average molecular weight is 288 g/mol. The van der Waals surface area contributed by atoms with Crippen molar-refractivity contribution in [1.82, 2.24) is 20.2 Å². The maximum absolute atomic E-state index is 11.8. The predicted molar refractivity (Wildman–Crippen MR) is 77.1 cm³/mol. The van der Waals surface area contributed by atoms with E-state index in [4.69, 9.17) is 0 Å². The van der Waals surface area contributed by atoms with E-state index >= 15 is 0 Å². The van der Waals surface area contributed by atoms with Crippen molar-refractivity contribution in [2.24, 2.45) is 0 Å². The van der Waals surface area contributed by atoms with E-state index in [2.05, 4.69) is 33.7 Å². The molecule has 2 aromatic rings. The van der Waals surface area contributed by atoms with E-state index in [0.29, 0.717) is 17.4 Å². The molecule has 0 unspecified atom stereocenters. The van der Waals surface area contributed by atoms with Gasteiger partial charge in [0.2, 0.25) is 5.16 Å². The Bertz CT molecular complexity index is 652. The quantitative estimate of drug-likeness (QED) is 0.868. The number of tetrazole rings is 1. The number of aryl methyl sites for hydroxylation is 2. The van der Waals surface area contributed by atoms with Crippen molar-refractivity contribution in [2.75, 3.05) is 0 Å². The monoisotopic (exact) mass is 288 g/mol. The van der Waals surface area contributed by atoms with Crippen LogP contribution in [0.1, 0.15) is 30.4 Å². The number of aromatic nitrogens is 4. The molecule has 5 nitrogen and oxygen atoms in total. The highest BCUT2D eigenvalue weighted by molar-refractivity contribution is 8.00. The molecule has 0 saturated heterocycles. The zero-order chi connectivity index (χ0) is 14.1. The van der Waals surface area contributed by atoms with Crippen molar-refractivity contribution in [3.05, 3.63) is 29.3 Å². The van der Waals surface area contributed by atoms with Gasteiger partial charge in [0.25, 0.3) is 0 Å². The molecule has 1 aromatic heterocycles. The molecule has 0 bridgehead atoms. The second kappa shape index (κ2) is 5.36. The molecule has 0 spiro atoms. The first-order valence-electron chi connectivity index (χ1n) is 6.70.